The van der Waals surface area contributed by atoms with Crippen molar-refractivity contribution in [3.63, 3.8) is 0 Å². The van der Waals surface area contributed by atoms with E-state index in [1.165, 1.54) is 4.88 Å². The van der Waals surface area contributed by atoms with Crippen LogP contribution in [-0.4, -0.2) is 33.9 Å². The van der Waals surface area contributed by atoms with E-state index >= 15 is 0 Å². The predicted molar refractivity (Wildman–Crippen MR) is 153 cm³/mol. The van der Waals surface area contributed by atoms with Crippen LogP contribution in [-0.2, 0) is 21.5 Å². The Morgan fingerprint density at radius 2 is 2.00 bits per heavy atom. The Hall–Kier alpha value is -3.30. The van der Waals surface area contributed by atoms with Crippen molar-refractivity contribution in [1.29, 1.82) is 0 Å². The van der Waals surface area contributed by atoms with Crippen molar-refractivity contribution < 1.29 is 14.0 Å². The van der Waals surface area contributed by atoms with Crippen LogP contribution in [0.3, 0.4) is 0 Å². The third-order valence-electron chi connectivity index (χ3n) is 6.52. The van der Waals surface area contributed by atoms with Crippen LogP contribution in [0.2, 0.25) is 0 Å². The Morgan fingerprint density at radius 3 is 2.66 bits per heavy atom. The Morgan fingerprint density at radius 1 is 1.18 bits per heavy atom. The molecular formula is C29H32N4O3S2. The summed E-state index contributed by atoms with van der Waals surface area (Å²) in [5.74, 6) is 1.22. The first-order valence-corrected chi connectivity index (χ1v) is 14.5. The first-order valence-electron chi connectivity index (χ1n) is 12.6. The van der Waals surface area contributed by atoms with E-state index in [1.807, 2.05) is 22.9 Å². The van der Waals surface area contributed by atoms with E-state index in [4.69, 9.17) is 9.52 Å². The first kappa shape index (κ1) is 26.3. The molecule has 4 aromatic rings. The second kappa shape index (κ2) is 10.5. The molecule has 1 aromatic carbocycles. The molecule has 2 amide bonds. The molecular weight excluding hydrogens is 516 g/mol. The summed E-state index contributed by atoms with van der Waals surface area (Å²) in [5.41, 5.74) is 4.73. The molecule has 7 nitrogen and oxygen atoms in total. The average molecular weight is 549 g/mol. The number of aromatic nitrogens is 2. The highest BCUT2D eigenvalue weighted by atomic mass is 32.2. The molecule has 1 aliphatic heterocycles. The number of rotatable bonds is 6. The SMILES string of the molecule is Cc1ccc(-n2nc(C(C)(C)C)c3c2N(CC(=O)NCc2ccco2)C(=O)CS[C@@H]3c2cccs2)c(C)c1. The predicted octanol–water partition coefficient (Wildman–Crippen LogP) is 5.93. The van der Waals surface area contributed by atoms with Gasteiger partial charge in [-0.05, 0) is 49.1 Å². The zero-order valence-electron chi connectivity index (χ0n) is 22.3. The van der Waals surface area contributed by atoms with Gasteiger partial charge in [-0.1, -0.05) is 44.5 Å². The summed E-state index contributed by atoms with van der Waals surface area (Å²) in [6, 6.07) is 14.0. The molecule has 0 radical (unpaired) electrons. The summed E-state index contributed by atoms with van der Waals surface area (Å²) in [4.78, 5) is 29.7. The Bertz CT molecular complexity index is 1450. The second-order valence-electron chi connectivity index (χ2n) is 10.6. The van der Waals surface area contributed by atoms with Crippen LogP contribution in [0, 0.1) is 13.8 Å². The number of nitrogens with zero attached hydrogens (tertiary/aromatic N) is 3. The molecule has 3 aromatic heterocycles. The van der Waals surface area contributed by atoms with Gasteiger partial charge in [0.25, 0.3) is 0 Å². The van der Waals surface area contributed by atoms with Crippen LogP contribution in [0.5, 0.6) is 0 Å². The minimum Gasteiger partial charge on any atom is -0.467 e. The van der Waals surface area contributed by atoms with Crippen molar-refractivity contribution in [3.8, 4) is 5.69 Å². The van der Waals surface area contributed by atoms with Crippen molar-refractivity contribution in [2.75, 3.05) is 17.2 Å². The summed E-state index contributed by atoms with van der Waals surface area (Å²) in [6.45, 7) is 10.7. The third kappa shape index (κ3) is 5.17. The minimum absolute atomic E-state index is 0.0705. The minimum atomic E-state index is -0.287. The van der Waals surface area contributed by atoms with Gasteiger partial charge in [0.2, 0.25) is 11.8 Å². The van der Waals surface area contributed by atoms with Gasteiger partial charge in [-0.3, -0.25) is 14.5 Å². The first-order chi connectivity index (χ1) is 18.1. The molecule has 1 N–H and O–H groups in total. The zero-order valence-corrected chi connectivity index (χ0v) is 23.9. The van der Waals surface area contributed by atoms with Crippen LogP contribution in [0.4, 0.5) is 5.82 Å². The van der Waals surface area contributed by atoms with Crippen molar-refractivity contribution in [3.05, 3.63) is 87.1 Å². The molecule has 9 heteroatoms. The Kier molecular flexibility index (Phi) is 7.24. The highest BCUT2D eigenvalue weighted by Crippen LogP contribution is 2.49. The molecule has 0 spiro atoms. The van der Waals surface area contributed by atoms with Gasteiger partial charge in [-0.25, -0.2) is 4.68 Å². The summed E-state index contributed by atoms with van der Waals surface area (Å²) in [6.07, 6.45) is 1.57. The summed E-state index contributed by atoms with van der Waals surface area (Å²) < 4.78 is 7.24. The largest absolute Gasteiger partial charge is 0.467 e. The molecule has 0 saturated heterocycles. The molecule has 5 rings (SSSR count). The van der Waals surface area contributed by atoms with Gasteiger partial charge in [0.1, 0.15) is 18.1 Å². The van der Waals surface area contributed by atoms with Crippen LogP contribution < -0.4 is 10.2 Å². The molecule has 0 fully saturated rings. The van der Waals surface area contributed by atoms with Crippen molar-refractivity contribution in [2.24, 2.45) is 0 Å². The highest BCUT2D eigenvalue weighted by Gasteiger charge is 2.40. The molecule has 0 bridgehead atoms. The standard InChI is InChI=1S/C29H32N4O3S2/c1-18-10-11-21(19(2)14-18)33-28-25(27(31-33)29(3,4)5)26(22-9-7-13-37-22)38-17-24(35)32(28)16-23(34)30-15-20-8-6-12-36-20/h6-14,26H,15-17H2,1-5H3,(H,30,34)/t26-/m1/s1. The number of hydrogen-bond acceptors (Lipinski definition) is 6. The molecule has 0 unspecified atom stereocenters. The number of anilines is 1. The lowest BCUT2D eigenvalue weighted by atomic mass is 9.88. The zero-order chi connectivity index (χ0) is 27.0. The number of furan rings is 1. The van der Waals surface area contributed by atoms with Crippen molar-refractivity contribution >= 4 is 40.7 Å². The molecule has 198 valence electrons. The van der Waals surface area contributed by atoms with Gasteiger partial charge in [-0.2, -0.15) is 5.10 Å². The lowest BCUT2D eigenvalue weighted by Gasteiger charge is -2.24. The molecule has 0 saturated carbocycles. The van der Waals surface area contributed by atoms with E-state index in [2.05, 4.69) is 63.5 Å². The Balaban J connectivity index is 1.67. The fourth-order valence-corrected chi connectivity index (χ4v) is 6.92. The number of benzene rings is 1. The molecule has 4 heterocycles. The van der Waals surface area contributed by atoms with E-state index in [-0.39, 0.29) is 41.3 Å². The summed E-state index contributed by atoms with van der Waals surface area (Å²) in [5, 5.41) is 10.1. The van der Waals surface area contributed by atoms with Gasteiger partial charge in [0, 0.05) is 15.9 Å². The molecule has 38 heavy (non-hydrogen) atoms. The van der Waals surface area contributed by atoms with Gasteiger partial charge in [0.15, 0.2) is 0 Å². The lowest BCUT2D eigenvalue weighted by molar-refractivity contribution is -0.123. The number of hydrogen-bond donors (Lipinski definition) is 1. The van der Waals surface area contributed by atoms with Crippen LogP contribution in [0.15, 0.2) is 58.5 Å². The number of aryl methyl sites for hydroxylation is 2. The van der Waals surface area contributed by atoms with Crippen LogP contribution in [0.1, 0.15) is 59.0 Å². The van der Waals surface area contributed by atoms with E-state index in [0.717, 1.165) is 28.1 Å². The van der Waals surface area contributed by atoms with Gasteiger partial charge >= 0.3 is 0 Å². The number of thioether (sulfide) groups is 1. The third-order valence-corrected chi connectivity index (χ3v) is 8.85. The van der Waals surface area contributed by atoms with Gasteiger partial charge in [-0.15, -0.1) is 23.1 Å². The van der Waals surface area contributed by atoms with Gasteiger partial charge in [0.05, 0.1) is 35.2 Å². The average Bonchev–Trinajstić information content (AvgIpc) is 3.61. The topological polar surface area (TPSA) is 80.4 Å². The Labute approximate surface area is 231 Å². The molecule has 1 aliphatic rings. The summed E-state index contributed by atoms with van der Waals surface area (Å²) >= 11 is 3.28. The van der Waals surface area contributed by atoms with E-state index < -0.39 is 0 Å². The number of carbonyl (C=O) groups excluding carboxylic acids is 2. The van der Waals surface area contributed by atoms with Crippen LogP contribution in [0.25, 0.3) is 5.69 Å². The number of carbonyl (C=O) groups is 2. The fourth-order valence-electron chi connectivity index (χ4n) is 4.75. The molecule has 1 atom stereocenters. The fraction of sp³-hybridized carbons (Fsp3) is 0.345. The second-order valence-corrected chi connectivity index (χ2v) is 12.7. The summed E-state index contributed by atoms with van der Waals surface area (Å²) in [7, 11) is 0. The monoisotopic (exact) mass is 548 g/mol. The lowest BCUT2D eigenvalue weighted by Crippen LogP contribution is -2.42. The smallest absolute Gasteiger partial charge is 0.240 e. The van der Waals surface area contributed by atoms with Crippen molar-refractivity contribution in [1.82, 2.24) is 15.1 Å². The highest BCUT2D eigenvalue weighted by molar-refractivity contribution is 8.00. The maximum absolute atomic E-state index is 13.7. The van der Waals surface area contributed by atoms with E-state index in [0.29, 0.717) is 11.6 Å². The van der Waals surface area contributed by atoms with Gasteiger partial charge < -0.3 is 9.73 Å². The maximum Gasteiger partial charge on any atom is 0.240 e. The maximum atomic E-state index is 13.7. The number of nitrogens with one attached hydrogen (secondary N) is 1. The normalized spacial score (nSPS) is 15.9. The number of amides is 2. The van der Waals surface area contributed by atoms with Crippen molar-refractivity contribution in [2.45, 2.75) is 51.8 Å². The van der Waals surface area contributed by atoms with E-state index in [1.54, 1.807) is 40.3 Å². The van der Waals surface area contributed by atoms with Crippen LogP contribution >= 0.6 is 23.1 Å². The number of fused-ring (bicyclic) bond motifs is 1. The number of thiophene rings is 1. The quantitative estimate of drug-likeness (QED) is 0.323. The molecule has 0 aliphatic carbocycles. The van der Waals surface area contributed by atoms with E-state index in [9.17, 15) is 9.59 Å².